The average molecular weight is 286 g/mol. The molecule has 0 saturated carbocycles. The predicted octanol–water partition coefficient (Wildman–Crippen LogP) is 2.65. The number of nitrogens with one attached hydrogen (secondary N) is 1. The molecule has 2 N–H and O–H groups in total. The van der Waals surface area contributed by atoms with Crippen molar-refractivity contribution in [2.75, 3.05) is 5.75 Å². The molecule has 0 radical (unpaired) electrons. The van der Waals surface area contributed by atoms with E-state index in [-0.39, 0.29) is 24.0 Å². The van der Waals surface area contributed by atoms with Crippen molar-refractivity contribution in [3.05, 3.63) is 53.1 Å². The van der Waals surface area contributed by atoms with E-state index in [0.717, 1.165) is 5.56 Å². The fraction of sp³-hybridized carbons (Fsp3) is 0.200. The number of carbonyl (C=O) groups is 1. The van der Waals surface area contributed by atoms with Gasteiger partial charge in [-0.2, -0.15) is 5.26 Å². The molecule has 0 aromatic heterocycles. The quantitative estimate of drug-likeness (QED) is 0.835. The summed E-state index contributed by atoms with van der Waals surface area (Å²) in [4.78, 5) is 11.8. The molecule has 1 aromatic carbocycles. The van der Waals surface area contributed by atoms with E-state index in [1.165, 1.54) is 11.8 Å². The van der Waals surface area contributed by atoms with Gasteiger partial charge in [0.05, 0.1) is 16.7 Å². The van der Waals surface area contributed by atoms with Crippen LogP contribution in [0.15, 0.2) is 47.5 Å². The Labute approximate surface area is 121 Å². The topological polar surface area (TPSA) is 73.1 Å². The summed E-state index contributed by atoms with van der Waals surface area (Å²) in [6.45, 7) is 3.64. The summed E-state index contributed by atoms with van der Waals surface area (Å²) >= 11 is 1.39. The Kier molecular flexibility index (Phi) is 4.49. The molecule has 1 aliphatic rings. The molecule has 1 amide bonds. The molecule has 1 aromatic rings. The van der Waals surface area contributed by atoms with Gasteiger partial charge in [-0.15, -0.1) is 18.3 Å². The van der Waals surface area contributed by atoms with Crippen LogP contribution in [0.5, 0.6) is 5.75 Å². The van der Waals surface area contributed by atoms with E-state index >= 15 is 0 Å². The van der Waals surface area contributed by atoms with Gasteiger partial charge >= 0.3 is 0 Å². The minimum Gasteiger partial charge on any atom is -0.508 e. The summed E-state index contributed by atoms with van der Waals surface area (Å²) < 4.78 is 0. The molecule has 0 saturated heterocycles. The van der Waals surface area contributed by atoms with E-state index < -0.39 is 0 Å². The van der Waals surface area contributed by atoms with Crippen LogP contribution in [0.4, 0.5) is 0 Å². The minimum atomic E-state index is -0.262. The molecule has 2 rings (SSSR count). The number of nitriles is 1. The van der Waals surface area contributed by atoms with Gasteiger partial charge in [-0.25, -0.2) is 0 Å². The van der Waals surface area contributed by atoms with Crippen molar-refractivity contribution in [1.82, 2.24) is 5.32 Å². The van der Waals surface area contributed by atoms with Gasteiger partial charge in [0.25, 0.3) is 0 Å². The number of rotatable bonds is 4. The zero-order chi connectivity index (χ0) is 14.5. The summed E-state index contributed by atoms with van der Waals surface area (Å²) in [6.07, 6.45) is 1.97. The summed E-state index contributed by atoms with van der Waals surface area (Å²) in [5, 5.41) is 22.1. The van der Waals surface area contributed by atoms with Crippen molar-refractivity contribution in [2.24, 2.45) is 0 Å². The number of phenols is 1. The highest BCUT2D eigenvalue weighted by atomic mass is 32.2. The van der Waals surface area contributed by atoms with Crippen molar-refractivity contribution in [1.29, 1.82) is 5.26 Å². The van der Waals surface area contributed by atoms with Crippen LogP contribution < -0.4 is 5.32 Å². The number of carbonyl (C=O) groups excluding carboxylic acids is 1. The van der Waals surface area contributed by atoms with Crippen molar-refractivity contribution in [3.63, 3.8) is 0 Å². The number of amides is 1. The van der Waals surface area contributed by atoms with Crippen LogP contribution in [0.2, 0.25) is 0 Å². The second-order valence-corrected chi connectivity index (χ2v) is 5.38. The van der Waals surface area contributed by atoms with Crippen LogP contribution in [0.1, 0.15) is 17.9 Å². The van der Waals surface area contributed by atoms with Gasteiger partial charge in [-0.05, 0) is 17.7 Å². The molecule has 0 aliphatic carbocycles. The van der Waals surface area contributed by atoms with Gasteiger partial charge in [-0.3, -0.25) is 4.79 Å². The fourth-order valence-corrected chi connectivity index (χ4v) is 2.88. The molecule has 5 heteroatoms. The Morgan fingerprint density at radius 3 is 2.80 bits per heavy atom. The minimum absolute atomic E-state index is 0.103. The van der Waals surface area contributed by atoms with E-state index in [2.05, 4.69) is 18.0 Å². The van der Waals surface area contributed by atoms with Crippen LogP contribution in [-0.4, -0.2) is 16.8 Å². The lowest BCUT2D eigenvalue weighted by atomic mass is 9.87. The zero-order valence-corrected chi connectivity index (χ0v) is 11.6. The molecule has 102 valence electrons. The number of nitrogens with zero attached hydrogens (tertiary/aromatic N) is 1. The Morgan fingerprint density at radius 2 is 2.20 bits per heavy atom. The lowest BCUT2D eigenvalue weighted by molar-refractivity contribution is -0.120. The van der Waals surface area contributed by atoms with Crippen LogP contribution in [0, 0.1) is 11.3 Å². The second-order valence-electron chi connectivity index (χ2n) is 4.35. The Balaban J connectivity index is 2.39. The second kappa shape index (κ2) is 6.31. The molecule has 0 fully saturated rings. The van der Waals surface area contributed by atoms with Crippen molar-refractivity contribution in [3.8, 4) is 11.8 Å². The molecular formula is C15H14N2O2S. The molecule has 1 unspecified atom stereocenters. The fourth-order valence-electron chi connectivity index (χ4n) is 2.07. The smallest absolute Gasteiger partial charge is 0.225 e. The average Bonchev–Trinajstić information content (AvgIpc) is 2.45. The van der Waals surface area contributed by atoms with Gasteiger partial charge in [0.1, 0.15) is 5.75 Å². The summed E-state index contributed by atoms with van der Waals surface area (Å²) in [7, 11) is 0. The first kappa shape index (κ1) is 14.2. The first-order valence-corrected chi connectivity index (χ1v) is 7.11. The number of thioether (sulfide) groups is 1. The molecule has 1 atom stereocenters. The maximum atomic E-state index is 11.8. The van der Waals surface area contributed by atoms with E-state index in [9.17, 15) is 15.2 Å². The van der Waals surface area contributed by atoms with Crippen molar-refractivity contribution < 1.29 is 9.90 Å². The summed E-state index contributed by atoms with van der Waals surface area (Å²) in [5.41, 5.74) is 1.41. The highest BCUT2D eigenvalue weighted by Gasteiger charge is 2.29. The van der Waals surface area contributed by atoms with Gasteiger partial charge in [0, 0.05) is 18.1 Å². The molecular weight excluding hydrogens is 272 g/mol. The van der Waals surface area contributed by atoms with Crippen LogP contribution in [0.3, 0.4) is 0 Å². The SMILES string of the molecule is C=CCSC1=C(C#N)C(c2ccc(O)cc2)CC(=O)N1. The number of benzene rings is 1. The largest absolute Gasteiger partial charge is 0.508 e. The lowest BCUT2D eigenvalue weighted by Crippen LogP contribution is -2.30. The number of phenolic OH excluding ortho intramolecular Hbond substituents is 1. The van der Waals surface area contributed by atoms with E-state index in [1.54, 1.807) is 30.3 Å². The third-order valence-corrected chi connectivity index (χ3v) is 4.01. The summed E-state index contributed by atoms with van der Waals surface area (Å²) in [5.74, 6) is 0.427. The van der Waals surface area contributed by atoms with Gasteiger partial charge in [-0.1, -0.05) is 18.2 Å². The number of hydrogen-bond acceptors (Lipinski definition) is 4. The van der Waals surface area contributed by atoms with E-state index in [0.29, 0.717) is 16.4 Å². The number of allylic oxidation sites excluding steroid dienone is 1. The maximum absolute atomic E-state index is 11.8. The molecule has 20 heavy (non-hydrogen) atoms. The zero-order valence-electron chi connectivity index (χ0n) is 10.8. The van der Waals surface area contributed by atoms with Crippen molar-refractivity contribution >= 4 is 17.7 Å². The maximum Gasteiger partial charge on any atom is 0.225 e. The molecule has 0 bridgehead atoms. The number of aromatic hydroxyl groups is 1. The van der Waals surface area contributed by atoms with Crippen molar-refractivity contribution in [2.45, 2.75) is 12.3 Å². The van der Waals surface area contributed by atoms with Gasteiger partial charge < -0.3 is 10.4 Å². The lowest BCUT2D eigenvalue weighted by Gasteiger charge is -2.24. The van der Waals surface area contributed by atoms with E-state index in [4.69, 9.17) is 0 Å². The Hall–Kier alpha value is -2.19. The third kappa shape index (κ3) is 3.03. The van der Waals surface area contributed by atoms with Crippen LogP contribution in [0.25, 0.3) is 0 Å². The first-order chi connectivity index (χ1) is 9.65. The number of hydrogen-bond donors (Lipinski definition) is 2. The first-order valence-electron chi connectivity index (χ1n) is 6.12. The third-order valence-electron chi connectivity index (χ3n) is 3.00. The molecule has 4 nitrogen and oxygen atoms in total. The van der Waals surface area contributed by atoms with Gasteiger partial charge in [0.2, 0.25) is 5.91 Å². The monoisotopic (exact) mass is 286 g/mol. The molecule has 1 heterocycles. The summed E-state index contributed by atoms with van der Waals surface area (Å²) in [6, 6.07) is 8.80. The standard InChI is InChI=1S/C15H14N2O2S/c1-2-7-20-15-13(9-16)12(8-14(19)17-15)10-3-5-11(18)6-4-10/h2-6,12,18H,1,7-8H2,(H,17,19). The molecule has 1 aliphatic heterocycles. The Bertz CT molecular complexity index is 599. The van der Waals surface area contributed by atoms with Gasteiger partial charge in [0.15, 0.2) is 0 Å². The van der Waals surface area contributed by atoms with Crippen LogP contribution in [-0.2, 0) is 4.79 Å². The van der Waals surface area contributed by atoms with Crippen LogP contribution >= 0.6 is 11.8 Å². The highest BCUT2D eigenvalue weighted by molar-refractivity contribution is 8.03. The normalized spacial score (nSPS) is 18.4. The molecule has 0 spiro atoms. The van der Waals surface area contributed by atoms with E-state index in [1.807, 2.05) is 0 Å². The highest BCUT2D eigenvalue weighted by Crippen LogP contribution is 2.36. The Morgan fingerprint density at radius 1 is 1.50 bits per heavy atom. The predicted molar refractivity (Wildman–Crippen MR) is 78.9 cm³/mol.